The number of carbonyl (C=O) groups is 1. The van der Waals surface area contributed by atoms with Crippen LogP contribution in [0.15, 0.2) is 28.0 Å². The molecule has 9 heteroatoms. The first-order valence-corrected chi connectivity index (χ1v) is 9.70. The van der Waals surface area contributed by atoms with Crippen LogP contribution in [-0.2, 0) is 19.9 Å². The molecule has 0 bridgehead atoms. The van der Waals surface area contributed by atoms with E-state index in [0.29, 0.717) is 0 Å². The summed E-state index contributed by atoms with van der Waals surface area (Å²) in [6.45, 7) is 0. The lowest BCUT2D eigenvalue weighted by molar-refractivity contribution is 0.0916. The zero-order valence-corrected chi connectivity index (χ0v) is 13.0. The van der Waals surface area contributed by atoms with E-state index >= 15 is 0 Å². The predicted molar refractivity (Wildman–Crippen MR) is 76.0 cm³/mol. The van der Waals surface area contributed by atoms with Crippen LogP contribution in [0.4, 0.5) is 0 Å². The number of rotatable bonds is 4. The Morgan fingerprint density at radius 1 is 1.14 bits per heavy atom. The van der Waals surface area contributed by atoms with E-state index in [1.54, 1.807) is 0 Å². The standard InChI is InChI=1S/C12H16N2O5S2/c1-20(16,17)10-5-8(6-11(7-10)21(13,18)19)12(15)14-9-3-2-4-9/h5-7,9H,2-4H2,1H3,(H,14,15)(H2,13,18,19). The number of amides is 1. The number of hydrogen-bond donors (Lipinski definition) is 2. The number of sulfonamides is 1. The van der Waals surface area contributed by atoms with Gasteiger partial charge >= 0.3 is 0 Å². The molecule has 1 saturated carbocycles. The lowest BCUT2D eigenvalue weighted by Crippen LogP contribution is -2.39. The first-order valence-electron chi connectivity index (χ1n) is 6.26. The molecule has 0 saturated heterocycles. The van der Waals surface area contributed by atoms with Crippen LogP contribution in [0.1, 0.15) is 29.6 Å². The quantitative estimate of drug-likeness (QED) is 0.804. The van der Waals surface area contributed by atoms with Crippen LogP contribution in [0.2, 0.25) is 0 Å². The van der Waals surface area contributed by atoms with E-state index in [-0.39, 0.29) is 16.5 Å². The molecular weight excluding hydrogens is 316 g/mol. The Morgan fingerprint density at radius 2 is 1.71 bits per heavy atom. The molecule has 0 aromatic heterocycles. The lowest BCUT2D eigenvalue weighted by atomic mass is 9.93. The zero-order valence-electron chi connectivity index (χ0n) is 11.4. The highest BCUT2D eigenvalue weighted by Gasteiger charge is 2.23. The van der Waals surface area contributed by atoms with Crippen LogP contribution in [0.25, 0.3) is 0 Å². The summed E-state index contributed by atoms with van der Waals surface area (Å²) in [5.74, 6) is -0.505. The topological polar surface area (TPSA) is 123 Å². The van der Waals surface area contributed by atoms with Crippen molar-refractivity contribution in [3.8, 4) is 0 Å². The Kier molecular flexibility index (Phi) is 4.09. The number of sulfone groups is 1. The molecule has 1 amide bonds. The summed E-state index contributed by atoms with van der Waals surface area (Å²) in [7, 11) is -7.77. The van der Waals surface area contributed by atoms with Gasteiger partial charge in [0.25, 0.3) is 5.91 Å². The summed E-state index contributed by atoms with van der Waals surface area (Å²) >= 11 is 0. The molecule has 116 valence electrons. The fraction of sp³-hybridized carbons (Fsp3) is 0.417. The van der Waals surface area contributed by atoms with E-state index < -0.39 is 30.7 Å². The molecule has 0 atom stereocenters. The maximum atomic E-state index is 12.1. The molecule has 1 aromatic rings. The fourth-order valence-corrected chi connectivity index (χ4v) is 3.24. The molecule has 0 heterocycles. The summed E-state index contributed by atoms with van der Waals surface area (Å²) in [5.41, 5.74) is -0.0335. The minimum atomic E-state index is -4.11. The second kappa shape index (κ2) is 5.39. The average molecular weight is 332 g/mol. The highest BCUT2D eigenvalue weighted by molar-refractivity contribution is 7.91. The number of nitrogens with two attached hydrogens (primary N) is 1. The predicted octanol–water partition coefficient (Wildman–Crippen LogP) is 0.0198. The Bertz CT molecular complexity index is 730. The van der Waals surface area contributed by atoms with Gasteiger partial charge in [-0.1, -0.05) is 0 Å². The first kappa shape index (κ1) is 15.9. The van der Waals surface area contributed by atoms with Crippen molar-refractivity contribution in [3.05, 3.63) is 23.8 Å². The molecule has 1 aliphatic carbocycles. The van der Waals surface area contributed by atoms with Crippen molar-refractivity contribution in [1.82, 2.24) is 5.32 Å². The van der Waals surface area contributed by atoms with E-state index in [4.69, 9.17) is 5.14 Å². The number of carbonyl (C=O) groups excluding carboxylic acids is 1. The summed E-state index contributed by atoms with van der Waals surface area (Å²) in [4.78, 5) is 11.4. The smallest absolute Gasteiger partial charge is 0.251 e. The minimum Gasteiger partial charge on any atom is -0.349 e. The minimum absolute atomic E-state index is 0.0335. The molecule has 0 radical (unpaired) electrons. The van der Waals surface area contributed by atoms with Gasteiger partial charge < -0.3 is 5.32 Å². The molecule has 1 aliphatic rings. The zero-order chi connectivity index (χ0) is 15.8. The molecule has 0 aliphatic heterocycles. The molecule has 1 aromatic carbocycles. The monoisotopic (exact) mass is 332 g/mol. The third-order valence-corrected chi connectivity index (χ3v) is 5.32. The largest absolute Gasteiger partial charge is 0.349 e. The summed E-state index contributed by atoms with van der Waals surface area (Å²) in [5, 5.41) is 7.74. The van der Waals surface area contributed by atoms with Crippen LogP contribution < -0.4 is 10.5 Å². The molecule has 3 N–H and O–H groups in total. The van der Waals surface area contributed by atoms with Crippen molar-refractivity contribution in [2.75, 3.05) is 6.26 Å². The van der Waals surface area contributed by atoms with E-state index in [2.05, 4.69) is 5.32 Å². The van der Waals surface area contributed by atoms with Gasteiger partial charge in [0, 0.05) is 17.9 Å². The van der Waals surface area contributed by atoms with E-state index in [9.17, 15) is 21.6 Å². The molecule has 1 fully saturated rings. The molecule has 0 spiro atoms. The second-order valence-electron chi connectivity index (χ2n) is 5.11. The molecule has 21 heavy (non-hydrogen) atoms. The second-order valence-corrected chi connectivity index (χ2v) is 8.69. The Hall–Kier alpha value is -1.45. The summed E-state index contributed by atoms with van der Waals surface area (Å²) in [6, 6.07) is 3.23. The molecule has 7 nitrogen and oxygen atoms in total. The van der Waals surface area contributed by atoms with Gasteiger partial charge in [-0.25, -0.2) is 22.0 Å². The van der Waals surface area contributed by atoms with Crippen molar-refractivity contribution in [2.45, 2.75) is 35.1 Å². The van der Waals surface area contributed by atoms with Gasteiger partial charge in [0.15, 0.2) is 9.84 Å². The van der Waals surface area contributed by atoms with E-state index in [1.807, 2.05) is 0 Å². The maximum Gasteiger partial charge on any atom is 0.251 e. The highest BCUT2D eigenvalue weighted by atomic mass is 32.2. The Balaban J connectivity index is 2.47. The number of primary sulfonamides is 1. The third kappa shape index (κ3) is 3.80. The van der Waals surface area contributed by atoms with E-state index in [0.717, 1.165) is 43.7 Å². The van der Waals surface area contributed by atoms with Crippen LogP contribution in [0, 0.1) is 0 Å². The van der Waals surface area contributed by atoms with Crippen molar-refractivity contribution < 1.29 is 21.6 Å². The maximum absolute atomic E-state index is 12.1. The molecular formula is C12H16N2O5S2. The van der Waals surface area contributed by atoms with Crippen molar-refractivity contribution in [1.29, 1.82) is 0 Å². The number of hydrogen-bond acceptors (Lipinski definition) is 5. The molecule has 2 rings (SSSR count). The van der Waals surface area contributed by atoms with Gasteiger partial charge in [0.1, 0.15) is 0 Å². The molecule has 0 unspecified atom stereocenters. The third-order valence-electron chi connectivity index (χ3n) is 3.34. The Labute approximate surface area is 123 Å². The van der Waals surface area contributed by atoms with Gasteiger partial charge in [-0.05, 0) is 37.5 Å². The number of nitrogens with one attached hydrogen (secondary N) is 1. The Morgan fingerprint density at radius 3 is 2.14 bits per heavy atom. The number of benzene rings is 1. The van der Waals surface area contributed by atoms with E-state index in [1.165, 1.54) is 0 Å². The van der Waals surface area contributed by atoms with Gasteiger partial charge in [-0.2, -0.15) is 0 Å². The van der Waals surface area contributed by atoms with Crippen molar-refractivity contribution in [3.63, 3.8) is 0 Å². The van der Waals surface area contributed by atoms with Crippen LogP contribution in [0.3, 0.4) is 0 Å². The summed E-state index contributed by atoms with van der Waals surface area (Å²) in [6.07, 6.45) is 3.68. The van der Waals surface area contributed by atoms with Gasteiger partial charge in [-0.15, -0.1) is 0 Å². The highest BCUT2D eigenvalue weighted by Crippen LogP contribution is 2.21. The average Bonchev–Trinajstić information content (AvgIpc) is 2.30. The summed E-state index contributed by atoms with van der Waals surface area (Å²) < 4.78 is 46.1. The van der Waals surface area contributed by atoms with Gasteiger partial charge in [0.2, 0.25) is 10.0 Å². The van der Waals surface area contributed by atoms with Crippen LogP contribution in [-0.4, -0.2) is 35.0 Å². The van der Waals surface area contributed by atoms with Crippen molar-refractivity contribution >= 4 is 25.8 Å². The van der Waals surface area contributed by atoms with Gasteiger partial charge in [0.05, 0.1) is 9.79 Å². The SMILES string of the molecule is CS(=O)(=O)c1cc(C(=O)NC2CCC2)cc(S(N)(=O)=O)c1. The fourth-order valence-electron chi connectivity index (χ4n) is 1.90. The van der Waals surface area contributed by atoms with Crippen LogP contribution in [0.5, 0.6) is 0 Å². The van der Waals surface area contributed by atoms with Crippen molar-refractivity contribution in [2.24, 2.45) is 5.14 Å². The normalized spacial score (nSPS) is 16.3. The van der Waals surface area contributed by atoms with Gasteiger partial charge in [-0.3, -0.25) is 4.79 Å². The lowest BCUT2D eigenvalue weighted by Gasteiger charge is -2.26. The first-order chi connectivity index (χ1) is 9.57. The van der Waals surface area contributed by atoms with Crippen LogP contribution >= 0.6 is 0 Å².